The van der Waals surface area contributed by atoms with Gasteiger partial charge in [0.25, 0.3) is 0 Å². The minimum atomic E-state index is -0.558. The van der Waals surface area contributed by atoms with E-state index in [0.29, 0.717) is 13.0 Å². The number of carbonyl (C=O) groups is 1. The van der Waals surface area contributed by atoms with Crippen molar-refractivity contribution in [2.75, 3.05) is 13.6 Å². The average molecular weight is 324 g/mol. The maximum absolute atomic E-state index is 11.9. The largest absolute Gasteiger partial charge is 0.345 e. The molecule has 1 heterocycles. The highest BCUT2D eigenvalue weighted by Gasteiger charge is 2.26. The average Bonchev–Trinajstić information content (AvgIpc) is 2.96. The smallest absolute Gasteiger partial charge is 0.222 e. The van der Waals surface area contributed by atoms with Crippen molar-refractivity contribution in [3.05, 3.63) is 42.2 Å². The first kappa shape index (κ1) is 18.1. The van der Waals surface area contributed by atoms with Crippen LogP contribution >= 0.6 is 12.4 Å². The molecule has 0 unspecified atom stereocenters. The number of nitrogens with one attached hydrogen (secondary N) is 2. The summed E-state index contributed by atoms with van der Waals surface area (Å²) in [5.41, 5.74) is 1.11. The van der Waals surface area contributed by atoms with Gasteiger partial charge in [0.05, 0.1) is 17.4 Å². The van der Waals surface area contributed by atoms with E-state index < -0.39 is 5.54 Å². The Morgan fingerprint density at radius 2 is 1.95 bits per heavy atom. The number of amides is 1. The highest BCUT2D eigenvalue weighted by atomic mass is 35.5. The number of hydrogen-bond acceptors (Lipinski definition) is 4. The molecule has 0 saturated heterocycles. The summed E-state index contributed by atoms with van der Waals surface area (Å²) in [4.78, 5) is 11.9. The monoisotopic (exact) mass is 323 g/mol. The number of nitrogens with zero attached hydrogens (tertiary/aromatic N) is 3. The molecule has 0 bridgehead atoms. The van der Waals surface area contributed by atoms with Gasteiger partial charge in [0, 0.05) is 13.0 Å². The van der Waals surface area contributed by atoms with Crippen molar-refractivity contribution in [2.45, 2.75) is 25.8 Å². The molecule has 0 aliphatic carbocycles. The minimum Gasteiger partial charge on any atom is -0.345 e. The second-order valence-corrected chi connectivity index (χ2v) is 5.41. The Hall–Kier alpha value is -1.92. The third-order valence-electron chi connectivity index (χ3n) is 3.21. The maximum atomic E-state index is 11.9. The van der Waals surface area contributed by atoms with Crippen LogP contribution in [-0.2, 0) is 10.3 Å². The van der Waals surface area contributed by atoms with Crippen molar-refractivity contribution in [2.24, 2.45) is 0 Å². The van der Waals surface area contributed by atoms with Gasteiger partial charge in [-0.3, -0.25) is 4.79 Å². The molecule has 1 amide bonds. The van der Waals surface area contributed by atoms with Crippen LogP contribution in [-0.4, -0.2) is 34.5 Å². The van der Waals surface area contributed by atoms with Crippen LogP contribution in [0.2, 0.25) is 0 Å². The summed E-state index contributed by atoms with van der Waals surface area (Å²) in [6.45, 7) is 4.49. The van der Waals surface area contributed by atoms with Crippen molar-refractivity contribution in [1.29, 1.82) is 0 Å². The Morgan fingerprint density at radius 3 is 2.59 bits per heavy atom. The van der Waals surface area contributed by atoms with Crippen LogP contribution in [0, 0.1) is 0 Å². The summed E-state index contributed by atoms with van der Waals surface area (Å²) in [6.07, 6.45) is 2.28. The van der Waals surface area contributed by atoms with Crippen LogP contribution in [0.3, 0.4) is 0 Å². The number of rotatable bonds is 6. The van der Waals surface area contributed by atoms with Gasteiger partial charge in [-0.2, -0.15) is 0 Å². The zero-order valence-electron chi connectivity index (χ0n) is 13.0. The summed E-state index contributed by atoms with van der Waals surface area (Å²) in [5, 5.41) is 14.2. The molecule has 0 fully saturated rings. The first-order valence-corrected chi connectivity index (χ1v) is 6.97. The molecule has 7 heteroatoms. The SMILES string of the molecule is CNCCC(=O)NC(C)(C)c1cn(-c2ccccc2)nn1.Cl. The standard InChI is InChI=1S/C15H21N5O.ClH/c1-15(2,17-14(21)9-10-16-3)13-11-20(19-18-13)12-7-5-4-6-8-12;/h4-8,11,16H,9-10H2,1-3H3,(H,17,21);1H. The molecular weight excluding hydrogens is 302 g/mol. The van der Waals surface area contributed by atoms with Gasteiger partial charge in [0.15, 0.2) is 0 Å². The normalized spacial score (nSPS) is 10.9. The van der Waals surface area contributed by atoms with E-state index in [2.05, 4.69) is 20.9 Å². The Bertz CT molecular complexity index is 597. The molecular formula is C15H22ClN5O. The van der Waals surface area contributed by atoms with Gasteiger partial charge in [-0.05, 0) is 33.0 Å². The Balaban J connectivity index is 0.00000242. The second-order valence-electron chi connectivity index (χ2n) is 5.41. The van der Waals surface area contributed by atoms with E-state index in [1.807, 2.05) is 57.4 Å². The Morgan fingerprint density at radius 1 is 1.27 bits per heavy atom. The molecule has 2 N–H and O–H groups in total. The molecule has 6 nitrogen and oxygen atoms in total. The second kappa shape index (κ2) is 7.91. The number of hydrogen-bond donors (Lipinski definition) is 2. The predicted molar refractivity (Wildman–Crippen MR) is 88.3 cm³/mol. The molecule has 2 aromatic rings. The lowest BCUT2D eigenvalue weighted by Gasteiger charge is -2.23. The first-order chi connectivity index (χ1) is 10.0. The lowest BCUT2D eigenvalue weighted by atomic mass is 10.0. The van der Waals surface area contributed by atoms with Gasteiger partial charge in [-0.15, -0.1) is 17.5 Å². The van der Waals surface area contributed by atoms with E-state index >= 15 is 0 Å². The zero-order valence-corrected chi connectivity index (χ0v) is 13.9. The Kier molecular flexibility index (Phi) is 6.52. The Labute approximate surface area is 136 Å². The fourth-order valence-electron chi connectivity index (χ4n) is 1.97. The quantitative estimate of drug-likeness (QED) is 0.848. The van der Waals surface area contributed by atoms with Gasteiger partial charge in [0.2, 0.25) is 5.91 Å². The molecule has 0 radical (unpaired) electrons. The number of halogens is 1. The van der Waals surface area contributed by atoms with Crippen LogP contribution in [0.15, 0.2) is 36.5 Å². The lowest BCUT2D eigenvalue weighted by molar-refractivity contribution is -0.122. The summed E-state index contributed by atoms with van der Waals surface area (Å²) in [5.74, 6) is -0.0105. The van der Waals surface area contributed by atoms with Gasteiger partial charge in [-0.25, -0.2) is 4.68 Å². The zero-order chi connectivity index (χ0) is 15.3. The van der Waals surface area contributed by atoms with Crippen LogP contribution in [0.25, 0.3) is 5.69 Å². The van der Waals surface area contributed by atoms with Crippen molar-refractivity contribution in [3.8, 4) is 5.69 Å². The summed E-state index contributed by atoms with van der Waals surface area (Å²) in [7, 11) is 1.82. The van der Waals surface area contributed by atoms with Crippen molar-refractivity contribution in [1.82, 2.24) is 25.6 Å². The molecule has 0 saturated carbocycles. The highest BCUT2D eigenvalue weighted by Crippen LogP contribution is 2.18. The molecule has 0 spiro atoms. The number of aromatic nitrogens is 3. The number of carbonyl (C=O) groups excluding carboxylic acids is 1. The van der Waals surface area contributed by atoms with Crippen molar-refractivity contribution < 1.29 is 4.79 Å². The van der Waals surface area contributed by atoms with E-state index in [-0.39, 0.29) is 18.3 Å². The molecule has 22 heavy (non-hydrogen) atoms. The van der Waals surface area contributed by atoms with Crippen LogP contribution in [0.5, 0.6) is 0 Å². The van der Waals surface area contributed by atoms with Crippen LogP contribution in [0.4, 0.5) is 0 Å². The third kappa shape index (κ3) is 4.54. The number of benzene rings is 1. The van der Waals surface area contributed by atoms with Crippen LogP contribution in [0.1, 0.15) is 26.0 Å². The molecule has 1 aromatic carbocycles. The maximum Gasteiger partial charge on any atom is 0.222 e. The summed E-state index contributed by atoms with van der Waals surface area (Å²) in [6, 6.07) is 9.75. The number of para-hydroxylation sites is 1. The topological polar surface area (TPSA) is 71.8 Å². The molecule has 2 rings (SSSR count). The third-order valence-corrected chi connectivity index (χ3v) is 3.21. The van der Waals surface area contributed by atoms with E-state index in [0.717, 1.165) is 11.4 Å². The lowest BCUT2D eigenvalue weighted by Crippen LogP contribution is -2.42. The summed E-state index contributed by atoms with van der Waals surface area (Å²) < 4.78 is 1.71. The van der Waals surface area contributed by atoms with Crippen LogP contribution < -0.4 is 10.6 Å². The van der Waals surface area contributed by atoms with E-state index in [1.165, 1.54) is 0 Å². The van der Waals surface area contributed by atoms with Gasteiger partial charge in [0.1, 0.15) is 5.69 Å². The van der Waals surface area contributed by atoms with Crippen molar-refractivity contribution >= 4 is 18.3 Å². The minimum absolute atomic E-state index is 0. The van der Waals surface area contributed by atoms with Gasteiger partial charge < -0.3 is 10.6 Å². The fraction of sp³-hybridized carbons (Fsp3) is 0.400. The predicted octanol–water partition coefficient (Wildman–Crippen LogP) is 1.65. The first-order valence-electron chi connectivity index (χ1n) is 6.97. The van der Waals surface area contributed by atoms with E-state index in [1.54, 1.807) is 4.68 Å². The molecule has 0 aliphatic heterocycles. The molecule has 0 aliphatic rings. The molecule has 120 valence electrons. The fourth-order valence-corrected chi connectivity index (χ4v) is 1.97. The van der Waals surface area contributed by atoms with E-state index in [9.17, 15) is 4.79 Å². The van der Waals surface area contributed by atoms with E-state index in [4.69, 9.17) is 0 Å². The summed E-state index contributed by atoms with van der Waals surface area (Å²) >= 11 is 0. The molecule has 1 aromatic heterocycles. The van der Waals surface area contributed by atoms with Gasteiger partial charge >= 0.3 is 0 Å². The highest BCUT2D eigenvalue weighted by molar-refractivity contribution is 5.85. The van der Waals surface area contributed by atoms with Gasteiger partial charge in [-0.1, -0.05) is 23.4 Å². The molecule has 0 atom stereocenters. The van der Waals surface area contributed by atoms with Crippen molar-refractivity contribution in [3.63, 3.8) is 0 Å².